The van der Waals surface area contributed by atoms with Crippen LogP contribution in [-0.2, 0) is 37.5 Å². The van der Waals surface area contributed by atoms with Crippen LogP contribution in [0.2, 0.25) is 0 Å². The van der Waals surface area contributed by atoms with E-state index in [2.05, 4.69) is 125 Å². The van der Waals surface area contributed by atoms with E-state index in [1.165, 1.54) is 119 Å². The minimum atomic E-state index is -0.628. The number of aryl methyl sites for hydroxylation is 4. The second kappa shape index (κ2) is 12.2. The van der Waals surface area contributed by atoms with Gasteiger partial charge in [0.15, 0.2) is 0 Å². The summed E-state index contributed by atoms with van der Waals surface area (Å²) in [5.41, 5.74) is 17.2. The number of ether oxygens (including phenoxy) is 1. The number of hydrogen-bond donors (Lipinski definition) is 0. The summed E-state index contributed by atoms with van der Waals surface area (Å²) in [6, 6.07) is 42.3. The molecule has 5 aliphatic heterocycles. The Morgan fingerprint density at radius 2 is 1.28 bits per heavy atom. The summed E-state index contributed by atoms with van der Waals surface area (Å²) in [7, 11) is 0. The molecule has 3 nitrogen and oxygen atoms in total. The molecule has 5 heterocycles. The maximum Gasteiger partial charge on any atom is 0.206 e. The molecule has 0 aromatic heterocycles. The Morgan fingerprint density at radius 3 is 2.10 bits per heavy atom. The van der Waals surface area contributed by atoms with Crippen molar-refractivity contribution in [3.63, 3.8) is 0 Å². The van der Waals surface area contributed by atoms with E-state index in [9.17, 15) is 0 Å². The first-order valence-corrected chi connectivity index (χ1v) is 21.7. The summed E-state index contributed by atoms with van der Waals surface area (Å²) in [5.74, 6) is 4.91. The van der Waals surface area contributed by atoms with Crippen molar-refractivity contribution in [2.75, 3.05) is 31.1 Å². The molecule has 7 aromatic carbocycles. The lowest BCUT2D eigenvalue weighted by Crippen LogP contribution is -2.44. The van der Waals surface area contributed by atoms with Gasteiger partial charge in [-0.1, -0.05) is 60.7 Å². The lowest BCUT2D eigenvalue weighted by molar-refractivity contribution is 0.433. The topological polar surface area (TPSA) is 15.5 Å². The minimum absolute atomic E-state index is 0.580. The van der Waals surface area contributed by atoms with E-state index in [0.29, 0.717) is 6.42 Å². The van der Waals surface area contributed by atoms with E-state index in [-0.39, 0.29) is 0 Å². The zero-order valence-corrected chi connectivity index (χ0v) is 33.0. The zero-order valence-electron chi connectivity index (χ0n) is 33.0. The number of para-hydroxylation sites is 2. The molecule has 0 atom stereocenters. The standard InChI is InChI=1S/C55H45N2O/c1-2-13-34-14-3-4-17-39(34)52-44-30-37-28-35-15-9-24-56-26-11-18-40(53(35)56)42(37)32-48(44)55(46-20-5-7-22-50(46)58-51-23-8-6-21-47(51)55)49-33-43-38(31-45(49)52)29-36-16-10-25-57-27-12-19-41(43)54(36)57/h1,3-8,14,17,20-23,28-33H,9-13,15-16,18-19,24-27H2/q+1. The third-order valence-electron chi connectivity index (χ3n) is 14.7. The first kappa shape index (κ1) is 32.9. The van der Waals surface area contributed by atoms with Gasteiger partial charge in [0.1, 0.15) is 24.6 Å². The summed E-state index contributed by atoms with van der Waals surface area (Å²) in [6.07, 6.45) is 16.1. The van der Waals surface area contributed by atoms with Crippen LogP contribution < -0.4 is 24.8 Å². The molecular weight excluding hydrogens is 705 g/mol. The number of nitrogens with zero attached hydrogens (tertiary/aromatic N) is 2. The first-order chi connectivity index (χ1) is 28.7. The minimum Gasteiger partial charge on any atom is -0.457 e. The highest BCUT2D eigenvalue weighted by Crippen LogP contribution is 2.58. The van der Waals surface area contributed by atoms with Gasteiger partial charge in [0, 0.05) is 60.3 Å². The number of fused-ring (bicyclic) bond motifs is 12. The van der Waals surface area contributed by atoms with Gasteiger partial charge in [-0.2, -0.15) is 0 Å². The number of rotatable bonds is 2. The Hall–Kier alpha value is -6.11. The maximum absolute atomic E-state index is 6.92. The third kappa shape index (κ3) is 4.33. The Morgan fingerprint density at radius 1 is 0.621 bits per heavy atom. The van der Waals surface area contributed by atoms with Crippen LogP contribution in [0.4, 0.5) is 5.69 Å². The predicted octanol–water partition coefficient (Wildman–Crippen LogP) is 9.30. The number of benzene rings is 7. The molecule has 0 amide bonds. The summed E-state index contributed by atoms with van der Waals surface area (Å²) >= 11 is 0. The van der Waals surface area contributed by atoms with E-state index in [4.69, 9.17) is 11.2 Å². The Balaban J connectivity index is 1.29. The predicted molar refractivity (Wildman–Crippen MR) is 236 cm³/mol. The Bertz CT molecular complexity index is 3110. The molecule has 1 spiro atoms. The SMILES string of the molecule is C#CCc1ccccc1C1=c2cc3cc4c5c(c3cc2C2(c3ccccc3Oc3ccccc32)c2cc3c6c7c(cc3cc21)CCCN7CCC6)CCC[N+]=5CCC4. The Kier molecular flexibility index (Phi) is 6.93. The lowest BCUT2D eigenvalue weighted by Gasteiger charge is -2.45. The van der Waals surface area contributed by atoms with Crippen molar-refractivity contribution in [3.8, 4) is 23.8 Å². The average molecular weight is 750 g/mol. The van der Waals surface area contributed by atoms with Crippen molar-refractivity contribution in [1.82, 2.24) is 4.58 Å². The van der Waals surface area contributed by atoms with Crippen molar-refractivity contribution in [3.05, 3.63) is 181 Å². The molecule has 0 bridgehead atoms. The molecule has 0 unspecified atom stereocenters. The zero-order chi connectivity index (χ0) is 38.1. The maximum atomic E-state index is 6.92. The van der Waals surface area contributed by atoms with Gasteiger partial charge in [0.05, 0.1) is 5.41 Å². The van der Waals surface area contributed by atoms with E-state index in [1.54, 1.807) is 11.1 Å². The van der Waals surface area contributed by atoms with E-state index < -0.39 is 5.41 Å². The van der Waals surface area contributed by atoms with Gasteiger partial charge < -0.3 is 9.64 Å². The fourth-order valence-corrected chi connectivity index (χ4v) is 12.5. The highest BCUT2D eigenvalue weighted by Gasteiger charge is 2.50. The van der Waals surface area contributed by atoms with Crippen LogP contribution >= 0.6 is 0 Å². The van der Waals surface area contributed by atoms with Crippen LogP contribution in [0.25, 0.3) is 27.1 Å². The smallest absolute Gasteiger partial charge is 0.206 e. The van der Waals surface area contributed by atoms with Gasteiger partial charge in [-0.25, -0.2) is 4.58 Å². The number of anilines is 1. The van der Waals surface area contributed by atoms with Crippen molar-refractivity contribution in [2.45, 2.75) is 63.2 Å². The fourth-order valence-electron chi connectivity index (χ4n) is 12.5. The quantitative estimate of drug-likeness (QED) is 0.129. The second-order valence-electron chi connectivity index (χ2n) is 17.6. The first-order valence-electron chi connectivity index (χ1n) is 21.7. The molecule has 0 N–H and O–H groups in total. The average Bonchev–Trinajstić information content (AvgIpc) is 3.26. The van der Waals surface area contributed by atoms with E-state index in [1.807, 2.05) is 0 Å². The van der Waals surface area contributed by atoms with Crippen LogP contribution in [0.3, 0.4) is 0 Å². The highest BCUT2D eigenvalue weighted by molar-refractivity contribution is 6.01. The van der Waals surface area contributed by atoms with Crippen molar-refractivity contribution < 1.29 is 4.74 Å². The molecule has 6 aliphatic rings. The van der Waals surface area contributed by atoms with Crippen LogP contribution in [-0.4, -0.2) is 26.2 Å². The molecule has 58 heavy (non-hydrogen) atoms. The highest BCUT2D eigenvalue weighted by atomic mass is 16.5. The normalized spacial score (nSPS) is 17.7. The monoisotopic (exact) mass is 749 g/mol. The van der Waals surface area contributed by atoms with Crippen molar-refractivity contribution >= 4 is 32.8 Å². The molecule has 7 aromatic rings. The molecular formula is C55H45N2O+. The summed E-state index contributed by atoms with van der Waals surface area (Å²) in [6.45, 7) is 4.64. The summed E-state index contributed by atoms with van der Waals surface area (Å²) < 4.78 is 9.61. The Labute approximate surface area is 339 Å². The van der Waals surface area contributed by atoms with Gasteiger partial charge in [0.25, 0.3) is 0 Å². The third-order valence-corrected chi connectivity index (χ3v) is 14.7. The van der Waals surface area contributed by atoms with Gasteiger partial charge in [-0.15, -0.1) is 12.3 Å². The van der Waals surface area contributed by atoms with Crippen LogP contribution in [0.15, 0.2) is 109 Å². The number of hydrogen-bond acceptors (Lipinski definition) is 2. The number of terminal acetylenes is 1. The lowest BCUT2D eigenvalue weighted by atomic mass is 9.58. The van der Waals surface area contributed by atoms with Crippen molar-refractivity contribution in [2.24, 2.45) is 0 Å². The largest absolute Gasteiger partial charge is 0.457 e. The summed E-state index contributed by atoms with van der Waals surface area (Å²) in [4.78, 5) is 2.69. The van der Waals surface area contributed by atoms with E-state index in [0.717, 1.165) is 63.4 Å². The van der Waals surface area contributed by atoms with Gasteiger partial charge in [0.2, 0.25) is 5.36 Å². The molecule has 0 saturated carbocycles. The molecule has 280 valence electrons. The molecule has 3 heteroatoms. The molecule has 13 rings (SSSR count). The van der Waals surface area contributed by atoms with Crippen LogP contribution in [0, 0.1) is 12.3 Å². The van der Waals surface area contributed by atoms with Gasteiger partial charge in [-0.3, -0.25) is 0 Å². The second-order valence-corrected chi connectivity index (χ2v) is 17.6. The molecule has 0 radical (unpaired) electrons. The van der Waals surface area contributed by atoms with Gasteiger partial charge >= 0.3 is 0 Å². The van der Waals surface area contributed by atoms with Crippen LogP contribution in [0.5, 0.6) is 11.5 Å². The summed E-state index contributed by atoms with van der Waals surface area (Å²) in [5, 5.41) is 8.35. The molecule has 1 aliphatic carbocycles. The van der Waals surface area contributed by atoms with Gasteiger partial charge in [-0.05, 0) is 158 Å². The molecule has 0 saturated heterocycles. The van der Waals surface area contributed by atoms with E-state index >= 15 is 0 Å². The van der Waals surface area contributed by atoms with Crippen LogP contribution in [0.1, 0.15) is 86.9 Å². The fraction of sp³-hybridized carbons (Fsp3) is 0.255. The van der Waals surface area contributed by atoms with Crippen molar-refractivity contribution in [1.29, 1.82) is 0 Å². The molecule has 0 fully saturated rings.